The highest BCUT2D eigenvalue weighted by atomic mass is 16.1. The minimum Gasteiger partial charge on any atom is -0.322 e. The van der Waals surface area contributed by atoms with Crippen LogP contribution in [-0.2, 0) is 4.79 Å². The fourth-order valence-corrected chi connectivity index (χ4v) is 3.49. The molecule has 0 aromatic rings. The summed E-state index contributed by atoms with van der Waals surface area (Å²) in [6.45, 7) is 6.44. The fraction of sp³-hybridized carbons (Fsp3) is 0.917. The minimum atomic E-state index is -0.270. The van der Waals surface area contributed by atoms with Crippen LogP contribution in [0.3, 0.4) is 0 Å². The number of Topliss-reactive ketones (excluding diaryl/α,β-unsaturated/α-hetero) is 1. The number of carbonyl (C=O) groups excluding carboxylic acids is 1. The predicted octanol–water partition coefficient (Wildman–Crippen LogP) is 1.97. The van der Waals surface area contributed by atoms with Gasteiger partial charge in [0, 0.05) is 5.92 Å². The molecule has 2 bridgehead atoms. The highest BCUT2D eigenvalue weighted by Crippen LogP contribution is 2.61. The van der Waals surface area contributed by atoms with Crippen LogP contribution in [0.2, 0.25) is 0 Å². The molecular formula is C12H21NO. The molecule has 0 radical (unpaired) electrons. The Balaban J connectivity index is 2.11. The summed E-state index contributed by atoms with van der Waals surface area (Å²) in [4.78, 5) is 11.9. The van der Waals surface area contributed by atoms with Gasteiger partial charge in [-0.1, -0.05) is 13.8 Å². The molecule has 4 unspecified atom stereocenters. The number of hydrogen-bond acceptors (Lipinski definition) is 2. The van der Waals surface area contributed by atoms with Crippen molar-refractivity contribution in [2.75, 3.05) is 0 Å². The summed E-state index contributed by atoms with van der Waals surface area (Å²) in [6, 6.07) is -0.270. The van der Waals surface area contributed by atoms with Gasteiger partial charge in [0.2, 0.25) is 0 Å². The maximum Gasteiger partial charge on any atom is 0.152 e. The summed E-state index contributed by atoms with van der Waals surface area (Å²) < 4.78 is 0. The SMILES string of the molecule is CC(N)C(=O)C1CCC2CC1C2(C)C. The van der Waals surface area contributed by atoms with Gasteiger partial charge in [-0.3, -0.25) is 4.79 Å². The van der Waals surface area contributed by atoms with Crippen molar-refractivity contribution in [2.24, 2.45) is 28.9 Å². The first-order valence-corrected chi connectivity index (χ1v) is 5.74. The second-order valence-corrected chi connectivity index (χ2v) is 5.74. The Morgan fingerprint density at radius 2 is 2.07 bits per heavy atom. The number of rotatable bonds is 2. The van der Waals surface area contributed by atoms with E-state index in [1.165, 1.54) is 12.8 Å². The lowest BCUT2D eigenvalue weighted by Gasteiger charge is -2.59. The van der Waals surface area contributed by atoms with Crippen LogP contribution in [0.5, 0.6) is 0 Å². The van der Waals surface area contributed by atoms with Gasteiger partial charge in [-0.15, -0.1) is 0 Å². The molecule has 0 aromatic heterocycles. The van der Waals surface area contributed by atoms with Gasteiger partial charge in [0.25, 0.3) is 0 Å². The summed E-state index contributed by atoms with van der Waals surface area (Å²) in [5, 5.41) is 0. The molecule has 3 aliphatic carbocycles. The smallest absolute Gasteiger partial charge is 0.152 e. The van der Waals surface area contributed by atoms with Crippen molar-refractivity contribution in [3.63, 3.8) is 0 Å². The van der Waals surface area contributed by atoms with Gasteiger partial charge >= 0.3 is 0 Å². The van der Waals surface area contributed by atoms with E-state index in [9.17, 15) is 4.79 Å². The molecule has 0 aromatic carbocycles. The molecule has 3 fully saturated rings. The van der Waals surface area contributed by atoms with Gasteiger partial charge in [-0.05, 0) is 43.4 Å². The van der Waals surface area contributed by atoms with Crippen molar-refractivity contribution in [2.45, 2.75) is 46.1 Å². The first-order chi connectivity index (χ1) is 6.44. The van der Waals surface area contributed by atoms with Gasteiger partial charge in [0.15, 0.2) is 5.78 Å². The Labute approximate surface area is 86.2 Å². The van der Waals surface area contributed by atoms with Crippen LogP contribution in [-0.4, -0.2) is 11.8 Å². The molecule has 2 N–H and O–H groups in total. The normalized spacial score (nSPS) is 41.3. The van der Waals surface area contributed by atoms with Gasteiger partial charge in [0.05, 0.1) is 6.04 Å². The predicted molar refractivity (Wildman–Crippen MR) is 56.8 cm³/mol. The summed E-state index contributed by atoms with van der Waals surface area (Å²) in [7, 11) is 0. The van der Waals surface area contributed by atoms with Crippen LogP contribution in [0.25, 0.3) is 0 Å². The molecule has 0 saturated heterocycles. The largest absolute Gasteiger partial charge is 0.322 e. The molecule has 0 heterocycles. The van der Waals surface area contributed by atoms with E-state index in [0.717, 1.165) is 12.3 Å². The van der Waals surface area contributed by atoms with Crippen molar-refractivity contribution in [1.82, 2.24) is 0 Å². The molecule has 14 heavy (non-hydrogen) atoms. The quantitative estimate of drug-likeness (QED) is 0.732. The Morgan fingerprint density at radius 1 is 1.43 bits per heavy atom. The third-order valence-corrected chi connectivity index (χ3v) is 4.67. The van der Waals surface area contributed by atoms with Crippen LogP contribution in [0.4, 0.5) is 0 Å². The minimum absolute atomic E-state index is 0.259. The van der Waals surface area contributed by atoms with Gasteiger partial charge in [-0.2, -0.15) is 0 Å². The maximum absolute atomic E-state index is 11.9. The van der Waals surface area contributed by atoms with Crippen LogP contribution in [0.1, 0.15) is 40.0 Å². The van der Waals surface area contributed by atoms with Crippen molar-refractivity contribution in [1.29, 1.82) is 0 Å². The van der Waals surface area contributed by atoms with Crippen molar-refractivity contribution >= 4 is 5.78 Å². The highest BCUT2D eigenvalue weighted by molar-refractivity contribution is 5.86. The summed E-state index contributed by atoms with van der Waals surface area (Å²) in [6.07, 6.45) is 3.57. The zero-order chi connectivity index (χ0) is 10.5. The van der Waals surface area contributed by atoms with E-state index in [0.29, 0.717) is 17.1 Å². The summed E-state index contributed by atoms with van der Waals surface area (Å²) in [5.41, 5.74) is 6.08. The molecule has 0 aliphatic heterocycles. The lowest BCUT2D eigenvalue weighted by molar-refractivity contribution is -0.147. The molecule has 4 atom stereocenters. The number of ketones is 1. The monoisotopic (exact) mass is 195 g/mol. The number of fused-ring (bicyclic) bond motifs is 2. The fourth-order valence-electron chi connectivity index (χ4n) is 3.49. The van der Waals surface area contributed by atoms with Crippen LogP contribution >= 0.6 is 0 Å². The standard InChI is InChI=1S/C12H21NO/c1-7(13)11(14)9-5-4-8-6-10(9)12(8,2)3/h7-10H,4-6,13H2,1-3H3. The molecule has 3 saturated carbocycles. The Kier molecular flexibility index (Phi) is 2.22. The van der Waals surface area contributed by atoms with Crippen LogP contribution in [0.15, 0.2) is 0 Å². The maximum atomic E-state index is 11.9. The molecule has 80 valence electrons. The lowest BCUT2D eigenvalue weighted by atomic mass is 9.45. The van der Waals surface area contributed by atoms with Gasteiger partial charge in [0.1, 0.15) is 0 Å². The van der Waals surface area contributed by atoms with Crippen molar-refractivity contribution in [3.8, 4) is 0 Å². The second kappa shape index (κ2) is 3.06. The Hall–Kier alpha value is -0.370. The molecule has 2 heteroatoms. The van der Waals surface area contributed by atoms with E-state index in [1.807, 2.05) is 6.92 Å². The third kappa shape index (κ3) is 1.23. The molecular weight excluding hydrogens is 174 g/mol. The van der Waals surface area contributed by atoms with Crippen molar-refractivity contribution in [3.05, 3.63) is 0 Å². The lowest BCUT2D eigenvalue weighted by Crippen LogP contribution is -2.55. The third-order valence-electron chi connectivity index (χ3n) is 4.67. The van der Waals surface area contributed by atoms with Crippen LogP contribution < -0.4 is 5.73 Å². The molecule has 0 spiro atoms. The highest BCUT2D eigenvalue weighted by Gasteiger charge is 2.55. The molecule has 0 amide bonds. The zero-order valence-corrected chi connectivity index (χ0v) is 9.42. The Bertz CT molecular complexity index is 255. The van der Waals surface area contributed by atoms with Crippen molar-refractivity contribution < 1.29 is 4.79 Å². The zero-order valence-electron chi connectivity index (χ0n) is 9.42. The average Bonchev–Trinajstić information content (AvgIpc) is 2.16. The first-order valence-electron chi connectivity index (χ1n) is 5.74. The average molecular weight is 195 g/mol. The number of nitrogens with two attached hydrogens (primary N) is 1. The van der Waals surface area contributed by atoms with Gasteiger partial charge in [-0.25, -0.2) is 0 Å². The molecule has 3 aliphatic rings. The Morgan fingerprint density at radius 3 is 2.50 bits per heavy atom. The van der Waals surface area contributed by atoms with E-state index in [1.54, 1.807) is 0 Å². The second-order valence-electron chi connectivity index (χ2n) is 5.74. The number of carbonyl (C=O) groups is 1. The van der Waals surface area contributed by atoms with Gasteiger partial charge < -0.3 is 5.73 Å². The molecule has 2 nitrogen and oxygen atoms in total. The number of hydrogen-bond donors (Lipinski definition) is 1. The summed E-state index contributed by atoms with van der Waals surface area (Å²) >= 11 is 0. The van der Waals surface area contributed by atoms with E-state index in [4.69, 9.17) is 5.73 Å². The molecule has 3 rings (SSSR count). The topological polar surface area (TPSA) is 43.1 Å². The van der Waals surface area contributed by atoms with E-state index in [2.05, 4.69) is 13.8 Å². The van der Waals surface area contributed by atoms with Crippen LogP contribution in [0, 0.1) is 23.2 Å². The van der Waals surface area contributed by atoms with E-state index in [-0.39, 0.29) is 12.0 Å². The first kappa shape index (κ1) is 10.2. The summed E-state index contributed by atoms with van der Waals surface area (Å²) in [5.74, 6) is 2.03. The van der Waals surface area contributed by atoms with E-state index < -0.39 is 0 Å². The van der Waals surface area contributed by atoms with E-state index >= 15 is 0 Å².